The normalized spacial score (nSPS) is 21.8. The molecular weight excluding hydrogens is 316 g/mol. The first-order valence-corrected chi connectivity index (χ1v) is 8.76. The molecule has 2 aromatic rings. The third kappa shape index (κ3) is 3.35. The van der Waals surface area contributed by atoms with Crippen LogP contribution in [0.25, 0.3) is 0 Å². The van der Waals surface area contributed by atoms with Crippen LogP contribution in [-0.4, -0.2) is 58.2 Å². The van der Waals surface area contributed by atoms with E-state index in [1.165, 1.54) is 11.1 Å². The van der Waals surface area contributed by atoms with Crippen LogP contribution in [0, 0.1) is 5.92 Å². The van der Waals surface area contributed by atoms with E-state index in [4.69, 9.17) is 0 Å². The van der Waals surface area contributed by atoms with Gasteiger partial charge in [-0.25, -0.2) is 9.97 Å². The molecule has 0 spiro atoms. The van der Waals surface area contributed by atoms with Crippen molar-refractivity contribution in [2.24, 2.45) is 5.92 Å². The number of carbonyl (C=O) groups is 1. The van der Waals surface area contributed by atoms with Gasteiger partial charge in [0.25, 0.3) is 0 Å². The average Bonchev–Trinajstić information content (AvgIpc) is 2.93. The summed E-state index contributed by atoms with van der Waals surface area (Å²) in [5.74, 6) is -0.566. The number of rotatable bonds is 3. The number of carboxylic acid groups (broad SMARTS) is 1. The van der Waals surface area contributed by atoms with Gasteiger partial charge < -0.3 is 10.0 Å². The van der Waals surface area contributed by atoms with Gasteiger partial charge in [-0.2, -0.15) is 0 Å². The van der Waals surface area contributed by atoms with Gasteiger partial charge in [-0.3, -0.25) is 9.69 Å². The zero-order valence-corrected chi connectivity index (χ0v) is 14.1. The fraction of sp³-hybridized carbons (Fsp3) is 0.421. The van der Waals surface area contributed by atoms with Crippen molar-refractivity contribution in [3.63, 3.8) is 0 Å². The van der Waals surface area contributed by atoms with Gasteiger partial charge in [0.2, 0.25) is 5.95 Å². The Kier molecular flexibility index (Phi) is 4.36. The third-order valence-corrected chi connectivity index (χ3v) is 5.28. The number of nitrogens with zero attached hydrogens (tertiary/aromatic N) is 4. The SMILES string of the molecule is O=C(O)[C@@H]1CN(c2ncccn2)CCN(C2Cc3ccccc3C2)C1. The Morgan fingerprint density at radius 1 is 1.00 bits per heavy atom. The lowest BCUT2D eigenvalue weighted by molar-refractivity contribution is -0.142. The largest absolute Gasteiger partial charge is 0.481 e. The summed E-state index contributed by atoms with van der Waals surface area (Å²) in [6, 6.07) is 10.7. The maximum Gasteiger partial charge on any atom is 0.309 e. The maximum atomic E-state index is 11.8. The molecule has 0 radical (unpaired) electrons. The number of benzene rings is 1. The van der Waals surface area contributed by atoms with E-state index in [0.29, 0.717) is 25.1 Å². The van der Waals surface area contributed by atoms with Crippen molar-refractivity contribution in [3.05, 3.63) is 53.9 Å². The summed E-state index contributed by atoms with van der Waals surface area (Å²) >= 11 is 0. The van der Waals surface area contributed by atoms with Crippen LogP contribution in [0.4, 0.5) is 5.95 Å². The molecule has 25 heavy (non-hydrogen) atoms. The lowest BCUT2D eigenvalue weighted by Gasteiger charge is -2.28. The summed E-state index contributed by atoms with van der Waals surface area (Å²) in [4.78, 5) is 24.7. The van der Waals surface area contributed by atoms with E-state index in [-0.39, 0.29) is 0 Å². The van der Waals surface area contributed by atoms with Gasteiger partial charge in [0, 0.05) is 44.6 Å². The fourth-order valence-corrected chi connectivity index (χ4v) is 3.96. The van der Waals surface area contributed by atoms with Gasteiger partial charge in [0.1, 0.15) is 0 Å². The summed E-state index contributed by atoms with van der Waals surface area (Å²) < 4.78 is 0. The van der Waals surface area contributed by atoms with E-state index in [1.807, 2.05) is 4.90 Å². The molecule has 0 amide bonds. The first kappa shape index (κ1) is 16.0. The van der Waals surface area contributed by atoms with Gasteiger partial charge in [-0.15, -0.1) is 0 Å². The Bertz CT molecular complexity index is 727. The first-order chi connectivity index (χ1) is 12.2. The van der Waals surface area contributed by atoms with Gasteiger partial charge in [-0.05, 0) is 30.0 Å². The molecule has 1 saturated heterocycles. The van der Waals surface area contributed by atoms with Crippen molar-refractivity contribution in [2.75, 3.05) is 31.1 Å². The minimum Gasteiger partial charge on any atom is -0.481 e. The van der Waals surface area contributed by atoms with Crippen molar-refractivity contribution < 1.29 is 9.90 Å². The van der Waals surface area contributed by atoms with Crippen molar-refractivity contribution in [1.29, 1.82) is 0 Å². The summed E-state index contributed by atoms with van der Waals surface area (Å²) in [7, 11) is 0. The zero-order valence-electron chi connectivity index (χ0n) is 14.1. The zero-order chi connectivity index (χ0) is 17.2. The molecule has 2 aliphatic rings. The number of aliphatic carboxylic acids is 1. The Labute approximate surface area is 147 Å². The van der Waals surface area contributed by atoms with Gasteiger partial charge in [-0.1, -0.05) is 24.3 Å². The molecule has 2 heterocycles. The molecule has 1 atom stereocenters. The number of hydrogen-bond acceptors (Lipinski definition) is 5. The van der Waals surface area contributed by atoms with E-state index in [1.54, 1.807) is 18.5 Å². The van der Waals surface area contributed by atoms with Crippen LogP contribution in [0.1, 0.15) is 11.1 Å². The average molecular weight is 338 g/mol. The summed E-state index contributed by atoms with van der Waals surface area (Å²) in [5, 5.41) is 9.67. The molecule has 0 saturated carbocycles. The fourth-order valence-electron chi connectivity index (χ4n) is 3.96. The highest BCUT2D eigenvalue weighted by molar-refractivity contribution is 5.71. The van der Waals surface area contributed by atoms with Crippen LogP contribution in [-0.2, 0) is 17.6 Å². The molecule has 6 nitrogen and oxygen atoms in total. The lowest BCUT2D eigenvalue weighted by atomic mass is 10.1. The van der Waals surface area contributed by atoms with Crippen molar-refractivity contribution in [1.82, 2.24) is 14.9 Å². The second-order valence-electron chi connectivity index (χ2n) is 6.86. The predicted molar refractivity (Wildman–Crippen MR) is 94.6 cm³/mol. The van der Waals surface area contributed by atoms with Crippen LogP contribution in [0.15, 0.2) is 42.7 Å². The van der Waals surface area contributed by atoms with Gasteiger partial charge in [0.15, 0.2) is 0 Å². The molecule has 1 aliphatic carbocycles. The van der Waals surface area contributed by atoms with Crippen LogP contribution in [0.2, 0.25) is 0 Å². The van der Waals surface area contributed by atoms with E-state index in [9.17, 15) is 9.90 Å². The summed E-state index contributed by atoms with van der Waals surface area (Å²) in [6.07, 6.45) is 5.41. The Balaban J connectivity index is 1.52. The van der Waals surface area contributed by atoms with Crippen LogP contribution >= 0.6 is 0 Å². The molecule has 4 rings (SSSR count). The molecule has 1 aliphatic heterocycles. The second kappa shape index (κ2) is 6.80. The Hall–Kier alpha value is -2.47. The quantitative estimate of drug-likeness (QED) is 0.914. The Morgan fingerprint density at radius 2 is 1.68 bits per heavy atom. The minimum atomic E-state index is -0.747. The third-order valence-electron chi connectivity index (χ3n) is 5.28. The van der Waals surface area contributed by atoms with Gasteiger partial charge >= 0.3 is 5.97 Å². The number of carboxylic acids is 1. The van der Waals surface area contributed by atoms with E-state index in [2.05, 4.69) is 39.1 Å². The summed E-state index contributed by atoms with van der Waals surface area (Å²) in [6.45, 7) is 2.62. The van der Waals surface area contributed by atoms with Crippen LogP contribution < -0.4 is 4.90 Å². The predicted octanol–water partition coefficient (Wildman–Crippen LogP) is 1.47. The topological polar surface area (TPSA) is 69.6 Å². The highest BCUT2D eigenvalue weighted by atomic mass is 16.4. The lowest BCUT2D eigenvalue weighted by Crippen LogP contribution is -2.41. The maximum absolute atomic E-state index is 11.8. The van der Waals surface area contributed by atoms with Crippen LogP contribution in [0.5, 0.6) is 0 Å². The van der Waals surface area contributed by atoms with Crippen LogP contribution in [0.3, 0.4) is 0 Å². The number of hydrogen-bond donors (Lipinski definition) is 1. The standard InChI is InChI=1S/C19H22N4O2/c24-18(25)16-12-22(17-10-14-4-1-2-5-15(14)11-17)8-9-23(13-16)19-20-6-3-7-21-19/h1-7,16-17H,8-13H2,(H,24,25)/t16-/m0/s1. The number of fused-ring (bicyclic) bond motifs is 1. The molecule has 6 heteroatoms. The Morgan fingerprint density at radius 3 is 2.32 bits per heavy atom. The highest BCUT2D eigenvalue weighted by Crippen LogP contribution is 2.27. The van der Waals surface area contributed by atoms with E-state index < -0.39 is 11.9 Å². The smallest absolute Gasteiger partial charge is 0.309 e. The monoisotopic (exact) mass is 338 g/mol. The van der Waals surface area contributed by atoms with Gasteiger partial charge in [0.05, 0.1) is 5.92 Å². The van der Waals surface area contributed by atoms with Crippen molar-refractivity contribution in [3.8, 4) is 0 Å². The van der Waals surface area contributed by atoms with Crippen molar-refractivity contribution >= 4 is 11.9 Å². The molecular formula is C19H22N4O2. The molecule has 130 valence electrons. The highest BCUT2D eigenvalue weighted by Gasteiger charge is 2.34. The molecule has 1 aromatic heterocycles. The van der Waals surface area contributed by atoms with E-state index in [0.717, 1.165) is 25.9 Å². The van der Waals surface area contributed by atoms with E-state index >= 15 is 0 Å². The first-order valence-electron chi connectivity index (χ1n) is 8.76. The summed E-state index contributed by atoms with van der Waals surface area (Å²) in [5.41, 5.74) is 2.79. The number of aromatic nitrogens is 2. The molecule has 0 bridgehead atoms. The van der Waals surface area contributed by atoms with Crippen molar-refractivity contribution in [2.45, 2.75) is 18.9 Å². The molecule has 1 aromatic carbocycles. The molecule has 0 unspecified atom stereocenters. The minimum absolute atomic E-state index is 0.385. The second-order valence-corrected chi connectivity index (χ2v) is 6.86. The molecule has 1 N–H and O–H groups in total. The number of anilines is 1. The molecule has 1 fully saturated rings.